The fourth-order valence-corrected chi connectivity index (χ4v) is 1.63. The molecule has 0 heterocycles. The van der Waals surface area contributed by atoms with Crippen molar-refractivity contribution < 1.29 is 13.9 Å². The Balaban J connectivity index is 1.83. The van der Waals surface area contributed by atoms with Gasteiger partial charge in [0.15, 0.2) is 0 Å². The summed E-state index contributed by atoms with van der Waals surface area (Å²) in [7, 11) is 1.60. The quantitative estimate of drug-likeness (QED) is 0.899. The number of rotatable bonds is 4. The van der Waals surface area contributed by atoms with Crippen LogP contribution in [-0.4, -0.2) is 13.1 Å². The second-order valence-corrected chi connectivity index (χ2v) is 4.16. The van der Waals surface area contributed by atoms with E-state index < -0.39 is 0 Å². The van der Waals surface area contributed by atoms with Crippen molar-refractivity contribution in [3.63, 3.8) is 0 Å². The molecule has 2 N–H and O–H groups in total. The van der Waals surface area contributed by atoms with Gasteiger partial charge in [-0.15, -0.1) is 0 Å². The van der Waals surface area contributed by atoms with Gasteiger partial charge in [0.05, 0.1) is 7.11 Å². The molecule has 2 aromatic rings. The monoisotopic (exact) mass is 274 g/mol. The smallest absolute Gasteiger partial charge is 0.319 e. The van der Waals surface area contributed by atoms with Crippen LogP contribution in [0.3, 0.4) is 0 Å². The van der Waals surface area contributed by atoms with Crippen molar-refractivity contribution in [3.8, 4) is 5.75 Å². The summed E-state index contributed by atoms with van der Waals surface area (Å²) >= 11 is 0. The summed E-state index contributed by atoms with van der Waals surface area (Å²) in [5.41, 5.74) is 1.50. The molecule has 0 aromatic heterocycles. The van der Waals surface area contributed by atoms with Gasteiger partial charge in [0.2, 0.25) is 0 Å². The van der Waals surface area contributed by atoms with Crippen molar-refractivity contribution in [2.45, 2.75) is 6.54 Å². The van der Waals surface area contributed by atoms with E-state index in [1.54, 1.807) is 7.11 Å². The van der Waals surface area contributed by atoms with Crippen LogP contribution in [0, 0.1) is 5.82 Å². The number of hydrogen-bond acceptors (Lipinski definition) is 2. The first-order valence-electron chi connectivity index (χ1n) is 6.11. The van der Waals surface area contributed by atoms with Crippen molar-refractivity contribution in [1.29, 1.82) is 0 Å². The number of anilines is 1. The summed E-state index contributed by atoms with van der Waals surface area (Å²) in [6.07, 6.45) is 0. The number of benzene rings is 2. The molecule has 0 radical (unpaired) electrons. The molecule has 2 rings (SSSR count). The number of methoxy groups -OCH3 is 1. The number of nitrogens with one attached hydrogen (secondary N) is 2. The average molecular weight is 274 g/mol. The molecular weight excluding hydrogens is 259 g/mol. The largest absolute Gasteiger partial charge is 0.497 e. The Morgan fingerprint density at radius 1 is 1.10 bits per heavy atom. The number of halogens is 1. The highest BCUT2D eigenvalue weighted by molar-refractivity contribution is 5.89. The molecule has 0 saturated heterocycles. The second kappa shape index (κ2) is 6.56. The normalized spacial score (nSPS) is 9.90. The van der Waals surface area contributed by atoms with Crippen LogP contribution >= 0.6 is 0 Å². The molecule has 20 heavy (non-hydrogen) atoms. The molecule has 0 aliphatic carbocycles. The Hall–Kier alpha value is -2.56. The van der Waals surface area contributed by atoms with E-state index in [1.165, 1.54) is 24.3 Å². The van der Waals surface area contributed by atoms with Crippen LogP contribution in [-0.2, 0) is 6.54 Å². The average Bonchev–Trinajstić information content (AvgIpc) is 2.48. The minimum Gasteiger partial charge on any atom is -0.497 e. The van der Waals surface area contributed by atoms with Gasteiger partial charge < -0.3 is 15.4 Å². The first-order chi connectivity index (χ1) is 9.67. The molecule has 0 fully saturated rings. The topological polar surface area (TPSA) is 50.4 Å². The molecule has 5 heteroatoms. The lowest BCUT2D eigenvalue weighted by molar-refractivity contribution is 0.251. The van der Waals surface area contributed by atoms with Crippen LogP contribution in [0.1, 0.15) is 5.56 Å². The molecule has 104 valence electrons. The van der Waals surface area contributed by atoms with Crippen LogP contribution < -0.4 is 15.4 Å². The summed E-state index contributed by atoms with van der Waals surface area (Å²) < 4.78 is 17.8. The van der Waals surface area contributed by atoms with Gasteiger partial charge in [0.1, 0.15) is 11.6 Å². The molecule has 0 atom stereocenters. The first kappa shape index (κ1) is 13.9. The molecule has 0 unspecified atom stereocenters. The van der Waals surface area contributed by atoms with E-state index in [2.05, 4.69) is 10.6 Å². The van der Waals surface area contributed by atoms with Crippen molar-refractivity contribution in [2.24, 2.45) is 0 Å². The highest BCUT2D eigenvalue weighted by Gasteiger charge is 2.02. The number of carbonyl (C=O) groups excluding carboxylic acids is 1. The van der Waals surface area contributed by atoms with Crippen molar-refractivity contribution in [3.05, 3.63) is 59.9 Å². The van der Waals surface area contributed by atoms with Gasteiger partial charge in [-0.05, 0) is 42.0 Å². The van der Waals surface area contributed by atoms with Crippen molar-refractivity contribution in [2.75, 3.05) is 12.4 Å². The predicted molar refractivity (Wildman–Crippen MR) is 75.3 cm³/mol. The predicted octanol–water partition coefficient (Wildman–Crippen LogP) is 3.16. The Labute approximate surface area is 116 Å². The summed E-state index contributed by atoms with van der Waals surface area (Å²) in [5, 5.41) is 5.34. The summed E-state index contributed by atoms with van der Waals surface area (Å²) in [5.74, 6) is 0.429. The number of ether oxygens (including phenoxy) is 1. The SMILES string of the molecule is COc1ccc(CNC(=O)Nc2ccc(F)cc2)cc1. The second-order valence-electron chi connectivity index (χ2n) is 4.16. The van der Waals surface area contributed by atoms with E-state index in [-0.39, 0.29) is 11.8 Å². The Morgan fingerprint density at radius 3 is 2.35 bits per heavy atom. The Morgan fingerprint density at radius 2 is 1.75 bits per heavy atom. The number of urea groups is 1. The minimum absolute atomic E-state index is 0.339. The van der Waals surface area contributed by atoms with Gasteiger partial charge in [0, 0.05) is 12.2 Å². The third-order valence-corrected chi connectivity index (χ3v) is 2.71. The van der Waals surface area contributed by atoms with E-state index in [0.717, 1.165) is 11.3 Å². The van der Waals surface area contributed by atoms with E-state index in [1.807, 2.05) is 24.3 Å². The molecule has 2 amide bonds. The van der Waals surface area contributed by atoms with Crippen LogP contribution in [0.5, 0.6) is 5.75 Å². The van der Waals surface area contributed by atoms with E-state index in [9.17, 15) is 9.18 Å². The maximum atomic E-state index is 12.7. The third-order valence-electron chi connectivity index (χ3n) is 2.71. The zero-order chi connectivity index (χ0) is 14.4. The molecule has 0 aliphatic rings. The van der Waals surface area contributed by atoms with Gasteiger partial charge >= 0.3 is 6.03 Å². The fraction of sp³-hybridized carbons (Fsp3) is 0.133. The molecule has 0 bridgehead atoms. The molecule has 2 aromatic carbocycles. The lowest BCUT2D eigenvalue weighted by atomic mass is 10.2. The van der Waals surface area contributed by atoms with E-state index in [4.69, 9.17) is 4.74 Å². The first-order valence-corrected chi connectivity index (χ1v) is 6.11. The van der Waals surface area contributed by atoms with Gasteiger partial charge in [0.25, 0.3) is 0 Å². The van der Waals surface area contributed by atoms with Crippen LogP contribution in [0.15, 0.2) is 48.5 Å². The standard InChI is InChI=1S/C15H15FN2O2/c1-20-14-8-2-11(3-9-14)10-17-15(19)18-13-6-4-12(16)5-7-13/h2-9H,10H2,1H3,(H2,17,18,19). The van der Waals surface area contributed by atoms with E-state index >= 15 is 0 Å². The van der Waals surface area contributed by atoms with Crippen molar-refractivity contribution in [1.82, 2.24) is 5.32 Å². The van der Waals surface area contributed by atoms with Crippen LogP contribution in [0.4, 0.5) is 14.9 Å². The minimum atomic E-state index is -0.340. The highest BCUT2D eigenvalue weighted by Crippen LogP contribution is 2.11. The number of amides is 2. The van der Waals surface area contributed by atoms with Gasteiger partial charge in [-0.1, -0.05) is 12.1 Å². The fourth-order valence-electron chi connectivity index (χ4n) is 1.63. The zero-order valence-corrected chi connectivity index (χ0v) is 11.0. The van der Waals surface area contributed by atoms with Crippen molar-refractivity contribution >= 4 is 11.7 Å². The Kier molecular flexibility index (Phi) is 4.55. The zero-order valence-electron chi connectivity index (χ0n) is 11.0. The lowest BCUT2D eigenvalue weighted by Crippen LogP contribution is -2.28. The van der Waals surface area contributed by atoms with Gasteiger partial charge in [-0.2, -0.15) is 0 Å². The maximum absolute atomic E-state index is 12.7. The van der Waals surface area contributed by atoms with Crippen LogP contribution in [0.25, 0.3) is 0 Å². The third kappa shape index (κ3) is 3.98. The molecule has 0 spiro atoms. The highest BCUT2D eigenvalue weighted by atomic mass is 19.1. The molecular formula is C15H15FN2O2. The van der Waals surface area contributed by atoms with Crippen LogP contribution in [0.2, 0.25) is 0 Å². The summed E-state index contributed by atoms with van der Waals surface area (Å²) in [6.45, 7) is 0.400. The summed E-state index contributed by atoms with van der Waals surface area (Å²) in [4.78, 5) is 11.7. The lowest BCUT2D eigenvalue weighted by Gasteiger charge is -2.08. The van der Waals surface area contributed by atoms with Gasteiger partial charge in [-0.3, -0.25) is 0 Å². The Bertz CT molecular complexity index is 567. The molecule has 0 saturated carbocycles. The molecule has 0 aliphatic heterocycles. The summed E-state index contributed by atoms with van der Waals surface area (Å²) in [6, 6.07) is 12.6. The van der Waals surface area contributed by atoms with Gasteiger partial charge in [-0.25, -0.2) is 9.18 Å². The maximum Gasteiger partial charge on any atom is 0.319 e. The number of hydrogen-bond donors (Lipinski definition) is 2. The van der Waals surface area contributed by atoms with E-state index in [0.29, 0.717) is 12.2 Å². The molecule has 4 nitrogen and oxygen atoms in total. The number of carbonyl (C=O) groups is 1.